The predicted octanol–water partition coefficient (Wildman–Crippen LogP) is 4.58. The molecule has 4 saturated carbocycles. The molecule has 5 heteroatoms. The quantitative estimate of drug-likeness (QED) is 0.735. The third kappa shape index (κ3) is 3.55. The molecule has 5 rings (SSSR count). The molecule has 31 heavy (non-hydrogen) atoms. The van der Waals surface area contributed by atoms with Crippen LogP contribution in [0.4, 0.5) is 0 Å². The fourth-order valence-corrected chi connectivity index (χ4v) is 9.19. The van der Waals surface area contributed by atoms with Crippen molar-refractivity contribution in [2.75, 3.05) is 0 Å². The fourth-order valence-electron chi connectivity index (χ4n) is 9.19. The number of hydrogen-bond acceptors (Lipinski definition) is 5. The van der Waals surface area contributed by atoms with Crippen LogP contribution >= 0.6 is 0 Å². The summed E-state index contributed by atoms with van der Waals surface area (Å²) < 4.78 is 0. The third-order valence-corrected chi connectivity index (χ3v) is 10.8. The Morgan fingerprint density at radius 3 is 2.45 bits per heavy atom. The van der Waals surface area contributed by atoms with Crippen LogP contribution in [-0.4, -0.2) is 36.9 Å². The Hall–Kier alpha value is -1.07. The Bertz CT molecular complexity index is 786. The molecule has 0 saturated heterocycles. The van der Waals surface area contributed by atoms with Gasteiger partial charge in [-0.3, -0.25) is 0 Å². The van der Waals surface area contributed by atoms with Gasteiger partial charge in [0.1, 0.15) is 18.5 Å². The summed E-state index contributed by atoms with van der Waals surface area (Å²) in [5.74, 6) is 4.20. The van der Waals surface area contributed by atoms with Crippen molar-refractivity contribution in [3.8, 4) is 0 Å². The molecule has 0 spiro atoms. The van der Waals surface area contributed by atoms with Gasteiger partial charge in [0, 0.05) is 6.42 Å². The van der Waals surface area contributed by atoms with E-state index < -0.39 is 5.60 Å². The molecule has 2 N–H and O–H groups in total. The SMILES string of the molecule is CC(O)(CCc1ncncn1)[C@H]1CC[C@H]2[C@@H]3CCC4C[C@@H](O)CC[C@]4(C)[C@H]3CC[C@]12C. The fraction of sp³-hybridized carbons (Fsp3) is 0.885. The van der Waals surface area contributed by atoms with Crippen LogP contribution in [0, 0.1) is 40.4 Å². The van der Waals surface area contributed by atoms with Crippen molar-refractivity contribution in [1.82, 2.24) is 15.0 Å². The Labute approximate surface area is 187 Å². The van der Waals surface area contributed by atoms with Gasteiger partial charge < -0.3 is 10.2 Å². The summed E-state index contributed by atoms with van der Waals surface area (Å²) in [5, 5.41) is 21.9. The zero-order valence-electron chi connectivity index (χ0n) is 19.6. The van der Waals surface area contributed by atoms with E-state index in [2.05, 4.69) is 35.7 Å². The first-order chi connectivity index (χ1) is 14.7. The van der Waals surface area contributed by atoms with Gasteiger partial charge >= 0.3 is 0 Å². The van der Waals surface area contributed by atoms with Gasteiger partial charge in [0.15, 0.2) is 0 Å². The van der Waals surface area contributed by atoms with Crippen molar-refractivity contribution in [2.24, 2.45) is 40.4 Å². The van der Waals surface area contributed by atoms with Gasteiger partial charge in [-0.2, -0.15) is 0 Å². The number of nitrogens with zero attached hydrogens (tertiary/aromatic N) is 3. The van der Waals surface area contributed by atoms with E-state index in [1.807, 2.05) is 0 Å². The number of hydrogen-bond donors (Lipinski definition) is 2. The maximum absolute atomic E-state index is 11.6. The van der Waals surface area contributed by atoms with Crippen molar-refractivity contribution < 1.29 is 10.2 Å². The summed E-state index contributed by atoms with van der Waals surface area (Å²) in [6, 6.07) is 0. The molecule has 4 aliphatic rings. The third-order valence-electron chi connectivity index (χ3n) is 10.8. The molecular formula is C26H41N3O2. The molecule has 172 valence electrons. The van der Waals surface area contributed by atoms with E-state index in [9.17, 15) is 10.2 Å². The Kier molecular flexibility index (Phi) is 5.45. The van der Waals surface area contributed by atoms with E-state index in [0.29, 0.717) is 23.7 Å². The number of aryl methyl sites for hydroxylation is 1. The summed E-state index contributed by atoms with van der Waals surface area (Å²) in [6.45, 7) is 7.13. The summed E-state index contributed by atoms with van der Waals surface area (Å²) in [7, 11) is 0. The van der Waals surface area contributed by atoms with E-state index in [4.69, 9.17) is 0 Å². The molecule has 0 aliphatic heterocycles. The number of aromatic nitrogens is 3. The predicted molar refractivity (Wildman–Crippen MR) is 120 cm³/mol. The van der Waals surface area contributed by atoms with Crippen molar-refractivity contribution in [3.05, 3.63) is 18.5 Å². The maximum Gasteiger partial charge on any atom is 0.132 e. The average molecular weight is 428 g/mol. The second-order valence-corrected chi connectivity index (χ2v) is 12.2. The van der Waals surface area contributed by atoms with Crippen LogP contribution in [0.15, 0.2) is 12.7 Å². The monoisotopic (exact) mass is 427 g/mol. The van der Waals surface area contributed by atoms with Crippen molar-refractivity contribution in [2.45, 2.75) is 103 Å². The van der Waals surface area contributed by atoms with Gasteiger partial charge in [0.2, 0.25) is 0 Å². The normalized spacial score (nSPS) is 46.5. The molecule has 4 fully saturated rings. The van der Waals surface area contributed by atoms with Crippen molar-refractivity contribution >= 4 is 0 Å². The number of rotatable bonds is 4. The number of fused-ring (bicyclic) bond motifs is 5. The molecular weight excluding hydrogens is 386 g/mol. The van der Waals surface area contributed by atoms with Crippen LogP contribution in [0.3, 0.4) is 0 Å². The second-order valence-electron chi connectivity index (χ2n) is 12.2. The summed E-state index contributed by atoms with van der Waals surface area (Å²) in [6.07, 6.45) is 15.3. The van der Waals surface area contributed by atoms with Crippen LogP contribution in [0.2, 0.25) is 0 Å². The highest BCUT2D eigenvalue weighted by Gasteiger charge is 2.62. The van der Waals surface area contributed by atoms with Gasteiger partial charge in [0.05, 0.1) is 11.7 Å². The summed E-state index contributed by atoms with van der Waals surface area (Å²) in [4.78, 5) is 12.4. The van der Waals surface area contributed by atoms with Crippen molar-refractivity contribution in [1.29, 1.82) is 0 Å². The molecule has 1 heterocycles. The van der Waals surface area contributed by atoms with Crippen LogP contribution in [0.1, 0.15) is 90.8 Å². The van der Waals surface area contributed by atoms with E-state index in [-0.39, 0.29) is 11.5 Å². The Balaban J connectivity index is 1.33. The van der Waals surface area contributed by atoms with E-state index in [1.54, 1.807) is 12.7 Å². The molecule has 0 amide bonds. The van der Waals surface area contributed by atoms with Crippen LogP contribution in [0.5, 0.6) is 0 Å². The number of aliphatic hydroxyl groups excluding tert-OH is 1. The largest absolute Gasteiger partial charge is 0.393 e. The zero-order chi connectivity index (χ0) is 21.9. The maximum atomic E-state index is 11.6. The molecule has 1 aromatic heterocycles. The molecule has 0 bridgehead atoms. The zero-order valence-corrected chi connectivity index (χ0v) is 19.6. The minimum atomic E-state index is -0.682. The van der Waals surface area contributed by atoms with E-state index in [1.165, 1.54) is 38.5 Å². The highest BCUT2D eigenvalue weighted by molar-refractivity contribution is 5.11. The van der Waals surface area contributed by atoms with E-state index in [0.717, 1.165) is 49.3 Å². The Morgan fingerprint density at radius 2 is 1.68 bits per heavy atom. The lowest BCUT2D eigenvalue weighted by molar-refractivity contribution is -0.144. The smallest absolute Gasteiger partial charge is 0.132 e. The number of aliphatic hydroxyl groups is 2. The molecule has 5 nitrogen and oxygen atoms in total. The molecule has 9 atom stereocenters. The first-order valence-electron chi connectivity index (χ1n) is 12.8. The van der Waals surface area contributed by atoms with Gasteiger partial charge in [-0.05, 0) is 112 Å². The molecule has 4 aliphatic carbocycles. The standard InChI is InChI=1S/C26H41N3O2/c1-24-11-8-18(30)14-17(24)4-5-19-20-6-7-22(25(20,2)12-9-21(19)24)26(3,31)13-10-23-28-15-27-16-29-23/h15-22,30-31H,4-14H2,1-3H3/t17?,18-,19-,20-,21-,22-,24-,25-,26?/m0/s1. The van der Waals surface area contributed by atoms with Gasteiger partial charge in [-0.1, -0.05) is 13.8 Å². The highest BCUT2D eigenvalue weighted by Crippen LogP contribution is 2.68. The lowest BCUT2D eigenvalue weighted by Gasteiger charge is -2.61. The van der Waals surface area contributed by atoms with Gasteiger partial charge in [-0.15, -0.1) is 0 Å². The Morgan fingerprint density at radius 1 is 0.968 bits per heavy atom. The van der Waals surface area contributed by atoms with Crippen LogP contribution in [0.25, 0.3) is 0 Å². The molecule has 1 aromatic rings. The summed E-state index contributed by atoms with van der Waals surface area (Å²) in [5.41, 5.74) is -0.0249. The van der Waals surface area contributed by atoms with E-state index >= 15 is 0 Å². The lowest BCUT2D eigenvalue weighted by Crippen LogP contribution is -2.55. The first-order valence-corrected chi connectivity index (χ1v) is 12.8. The van der Waals surface area contributed by atoms with Gasteiger partial charge in [0.25, 0.3) is 0 Å². The topological polar surface area (TPSA) is 79.1 Å². The van der Waals surface area contributed by atoms with Gasteiger partial charge in [-0.25, -0.2) is 15.0 Å². The second kappa shape index (κ2) is 7.76. The van der Waals surface area contributed by atoms with Crippen LogP contribution in [-0.2, 0) is 6.42 Å². The highest BCUT2D eigenvalue weighted by atomic mass is 16.3. The van der Waals surface area contributed by atoms with Crippen LogP contribution < -0.4 is 0 Å². The molecule has 0 aromatic carbocycles. The minimum Gasteiger partial charge on any atom is -0.393 e. The molecule has 2 unspecified atom stereocenters. The first kappa shape index (κ1) is 21.8. The minimum absolute atomic E-state index is 0.0705. The average Bonchev–Trinajstić information content (AvgIpc) is 3.12. The summed E-state index contributed by atoms with van der Waals surface area (Å²) >= 11 is 0. The van der Waals surface area contributed by atoms with Crippen molar-refractivity contribution in [3.63, 3.8) is 0 Å². The molecule has 0 radical (unpaired) electrons. The lowest BCUT2D eigenvalue weighted by atomic mass is 9.44.